The van der Waals surface area contributed by atoms with E-state index in [2.05, 4.69) is 20.5 Å². The Balaban J connectivity index is 1.49. The topological polar surface area (TPSA) is 102 Å². The van der Waals surface area contributed by atoms with Gasteiger partial charge in [-0.2, -0.15) is 10.2 Å². The van der Waals surface area contributed by atoms with E-state index in [0.717, 1.165) is 16.8 Å². The minimum absolute atomic E-state index is 0.0310. The Labute approximate surface area is 208 Å². The molecule has 1 fully saturated rings. The van der Waals surface area contributed by atoms with Gasteiger partial charge in [0.25, 0.3) is 0 Å². The molecular formula is C27H26N6O3. The third kappa shape index (κ3) is 4.55. The largest absolute Gasteiger partial charge is 0.496 e. The number of piperidine rings is 1. The Morgan fingerprint density at radius 1 is 1.03 bits per heavy atom. The number of hydrogen-bond acceptors (Lipinski definition) is 6. The Hall–Kier alpha value is -4.53. The maximum atomic E-state index is 13.7. The predicted molar refractivity (Wildman–Crippen MR) is 135 cm³/mol. The number of hydrogen-bond donors (Lipinski definition) is 1. The first-order valence-corrected chi connectivity index (χ1v) is 11.7. The summed E-state index contributed by atoms with van der Waals surface area (Å²) in [5.41, 5.74) is 3.17. The van der Waals surface area contributed by atoms with Gasteiger partial charge in [0.15, 0.2) is 5.82 Å². The molecular weight excluding hydrogens is 456 g/mol. The predicted octanol–water partition coefficient (Wildman–Crippen LogP) is 4.10. The van der Waals surface area contributed by atoms with Gasteiger partial charge >= 0.3 is 0 Å². The van der Waals surface area contributed by atoms with Crippen LogP contribution in [0.4, 0.5) is 11.4 Å². The Bertz CT molecular complexity index is 1350. The van der Waals surface area contributed by atoms with E-state index in [1.165, 1.54) is 4.80 Å². The van der Waals surface area contributed by atoms with Crippen LogP contribution in [0.1, 0.15) is 30.0 Å². The SMILES string of the molecule is COc1ccccc1C1C(C(=O)Nc2ccc(-n3nccn3)nc2)CCC(=O)N1c1ccc(C)cc1. The van der Waals surface area contributed by atoms with Crippen molar-refractivity contribution >= 4 is 23.2 Å². The number of rotatable bonds is 6. The van der Waals surface area contributed by atoms with Crippen LogP contribution >= 0.6 is 0 Å². The zero-order valence-corrected chi connectivity index (χ0v) is 20.0. The van der Waals surface area contributed by atoms with E-state index in [9.17, 15) is 9.59 Å². The van der Waals surface area contributed by atoms with E-state index in [-0.39, 0.29) is 18.2 Å². The van der Waals surface area contributed by atoms with Gasteiger partial charge in [-0.3, -0.25) is 9.59 Å². The quantitative estimate of drug-likeness (QED) is 0.444. The number of anilines is 2. The average Bonchev–Trinajstić information content (AvgIpc) is 3.44. The number of carbonyl (C=O) groups is 2. The number of nitrogens with one attached hydrogen (secondary N) is 1. The van der Waals surface area contributed by atoms with E-state index in [4.69, 9.17) is 4.74 Å². The molecule has 4 aromatic rings. The first-order chi connectivity index (χ1) is 17.5. The number of nitrogens with zero attached hydrogens (tertiary/aromatic N) is 5. The summed E-state index contributed by atoms with van der Waals surface area (Å²) in [4.78, 5) is 34.4. The molecule has 0 bridgehead atoms. The molecule has 1 aliphatic rings. The van der Waals surface area contributed by atoms with E-state index in [1.54, 1.807) is 42.7 Å². The molecule has 2 aromatic heterocycles. The van der Waals surface area contributed by atoms with Crippen LogP contribution in [-0.4, -0.2) is 38.9 Å². The van der Waals surface area contributed by atoms with E-state index < -0.39 is 12.0 Å². The number of benzene rings is 2. The molecule has 5 rings (SSSR count). The zero-order valence-electron chi connectivity index (χ0n) is 20.0. The number of aromatic nitrogens is 4. The van der Waals surface area contributed by atoms with Crippen molar-refractivity contribution in [2.45, 2.75) is 25.8 Å². The van der Waals surface area contributed by atoms with Gasteiger partial charge in [0, 0.05) is 17.7 Å². The lowest BCUT2D eigenvalue weighted by Crippen LogP contribution is -2.47. The van der Waals surface area contributed by atoms with Crippen molar-refractivity contribution < 1.29 is 14.3 Å². The van der Waals surface area contributed by atoms with Crippen LogP contribution in [0.15, 0.2) is 79.3 Å². The van der Waals surface area contributed by atoms with Crippen molar-refractivity contribution in [3.63, 3.8) is 0 Å². The second-order valence-electron chi connectivity index (χ2n) is 8.64. The maximum Gasteiger partial charge on any atom is 0.229 e. The van der Waals surface area contributed by atoms with Crippen LogP contribution in [0.2, 0.25) is 0 Å². The number of para-hydroxylation sites is 1. The number of ether oxygens (including phenoxy) is 1. The molecule has 1 aliphatic heterocycles. The summed E-state index contributed by atoms with van der Waals surface area (Å²) in [5.74, 6) is 0.440. The highest BCUT2D eigenvalue weighted by Gasteiger charge is 2.42. The van der Waals surface area contributed by atoms with Crippen molar-refractivity contribution in [1.29, 1.82) is 0 Å². The first-order valence-electron chi connectivity index (χ1n) is 11.7. The minimum Gasteiger partial charge on any atom is -0.496 e. The fraction of sp³-hybridized carbons (Fsp3) is 0.222. The van der Waals surface area contributed by atoms with Gasteiger partial charge in [0.05, 0.1) is 43.3 Å². The molecule has 182 valence electrons. The number of amides is 2. The highest BCUT2D eigenvalue weighted by molar-refractivity contribution is 6.00. The smallest absolute Gasteiger partial charge is 0.229 e. The van der Waals surface area contributed by atoms with Crippen molar-refractivity contribution in [1.82, 2.24) is 20.0 Å². The van der Waals surface area contributed by atoms with Crippen molar-refractivity contribution in [2.24, 2.45) is 5.92 Å². The fourth-order valence-corrected chi connectivity index (χ4v) is 4.59. The minimum atomic E-state index is -0.536. The molecule has 3 heterocycles. The summed E-state index contributed by atoms with van der Waals surface area (Å²) >= 11 is 0. The lowest BCUT2D eigenvalue weighted by atomic mass is 9.82. The third-order valence-electron chi connectivity index (χ3n) is 6.34. The summed E-state index contributed by atoms with van der Waals surface area (Å²) in [5, 5.41) is 11.1. The van der Waals surface area contributed by atoms with Gasteiger partial charge in [-0.05, 0) is 43.7 Å². The average molecular weight is 483 g/mol. The summed E-state index contributed by atoms with van der Waals surface area (Å²) in [6.45, 7) is 2.00. The molecule has 0 aliphatic carbocycles. The normalized spacial score (nSPS) is 17.6. The molecule has 1 N–H and O–H groups in total. The molecule has 9 nitrogen and oxygen atoms in total. The molecule has 0 saturated carbocycles. The van der Waals surface area contributed by atoms with Crippen LogP contribution < -0.4 is 15.0 Å². The molecule has 2 aromatic carbocycles. The molecule has 1 saturated heterocycles. The van der Waals surface area contributed by atoms with Crippen LogP contribution in [-0.2, 0) is 9.59 Å². The highest BCUT2D eigenvalue weighted by Crippen LogP contribution is 2.43. The van der Waals surface area contributed by atoms with Gasteiger partial charge in [0.2, 0.25) is 11.8 Å². The van der Waals surface area contributed by atoms with E-state index >= 15 is 0 Å². The maximum absolute atomic E-state index is 13.7. The van der Waals surface area contributed by atoms with Crippen LogP contribution in [0, 0.1) is 12.8 Å². The lowest BCUT2D eigenvalue weighted by Gasteiger charge is -2.41. The second kappa shape index (κ2) is 9.99. The van der Waals surface area contributed by atoms with Crippen molar-refractivity contribution in [3.05, 3.63) is 90.4 Å². The lowest BCUT2D eigenvalue weighted by molar-refractivity contribution is -0.125. The summed E-state index contributed by atoms with van der Waals surface area (Å²) in [6, 6.07) is 18.3. The molecule has 36 heavy (non-hydrogen) atoms. The number of carbonyl (C=O) groups excluding carboxylic acids is 2. The van der Waals surface area contributed by atoms with Crippen LogP contribution in [0.3, 0.4) is 0 Å². The molecule has 0 radical (unpaired) electrons. The molecule has 2 unspecified atom stereocenters. The van der Waals surface area contributed by atoms with Crippen molar-refractivity contribution in [2.75, 3.05) is 17.3 Å². The van der Waals surface area contributed by atoms with Crippen LogP contribution in [0.25, 0.3) is 5.82 Å². The summed E-state index contributed by atoms with van der Waals surface area (Å²) in [6.07, 6.45) is 5.39. The third-order valence-corrected chi connectivity index (χ3v) is 6.34. The standard InChI is InChI=1S/C27H26N6O3/c1-18-7-10-20(11-8-18)32-25(34)14-12-22(26(32)21-5-3-4-6-23(21)36-2)27(35)31-19-9-13-24(28-17-19)33-29-15-16-30-33/h3-11,13,15-17,22,26H,12,14H2,1-2H3,(H,31,35). The van der Waals surface area contributed by atoms with Gasteiger partial charge in [-0.1, -0.05) is 35.9 Å². The highest BCUT2D eigenvalue weighted by atomic mass is 16.5. The first kappa shape index (κ1) is 23.2. The molecule has 2 amide bonds. The fourth-order valence-electron chi connectivity index (χ4n) is 4.59. The van der Waals surface area contributed by atoms with Crippen LogP contribution in [0.5, 0.6) is 5.75 Å². The van der Waals surface area contributed by atoms with E-state index in [0.29, 0.717) is 23.7 Å². The van der Waals surface area contributed by atoms with Gasteiger partial charge in [0.1, 0.15) is 5.75 Å². The molecule has 9 heteroatoms. The van der Waals surface area contributed by atoms with Gasteiger partial charge < -0.3 is 15.0 Å². The summed E-state index contributed by atoms with van der Waals surface area (Å²) in [7, 11) is 1.59. The monoisotopic (exact) mass is 482 g/mol. The van der Waals surface area contributed by atoms with Gasteiger partial charge in [-0.15, -0.1) is 4.80 Å². The molecule has 2 atom stereocenters. The summed E-state index contributed by atoms with van der Waals surface area (Å²) < 4.78 is 5.64. The Morgan fingerprint density at radius 3 is 2.47 bits per heavy atom. The molecule has 0 spiro atoms. The zero-order chi connectivity index (χ0) is 25.1. The van der Waals surface area contributed by atoms with Gasteiger partial charge in [-0.25, -0.2) is 4.98 Å². The van der Waals surface area contributed by atoms with Crippen molar-refractivity contribution in [3.8, 4) is 11.6 Å². The second-order valence-corrected chi connectivity index (χ2v) is 8.64. The number of methoxy groups -OCH3 is 1. The number of pyridine rings is 1. The van der Waals surface area contributed by atoms with E-state index in [1.807, 2.05) is 55.5 Å². The number of aryl methyl sites for hydroxylation is 1. The Kier molecular flexibility index (Phi) is 6.44. The Morgan fingerprint density at radius 2 is 1.78 bits per heavy atom.